The zero-order chi connectivity index (χ0) is 13.0. The highest BCUT2D eigenvalue weighted by Gasteiger charge is 2.21. The molecule has 2 N–H and O–H groups in total. The quantitative estimate of drug-likeness (QED) is 0.861. The van der Waals surface area contributed by atoms with Crippen molar-refractivity contribution in [1.82, 2.24) is 10.2 Å². The number of thiophene rings is 1. The van der Waals surface area contributed by atoms with Gasteiger partial charge in [0.05, 0.1) is 6.54 Å². The molecule has 0 aliphatic rings. The first-order valence-electron chi connectivity index (χ1n) is 5.20. The van der Waals surface area contributed by atoms with Crippen molar-refractivity contribution in [3.63, 3.8) is 0 Å². The number of urea groups is 1. The highest BCUT2D eigenvalue weighted by Crippen LogP contribution is 2.14. The number of carbonyl (C=O) groups excluding carboxylic acids is 1. The van der Waals surface area contributed by atoms with E-state index in [2.05, 4.69) is 5.32 Å². The predicted molar refractivity (Wildman–Crippen MR) is 66.2 cm³/mol. The third kappa shape index (κ3) is 3.45. The molecule has 17 heavy (non-hydrogen) atoms. The first-order valence-corrected chi connectivity index (χ1v) is 6.08. The Morgan fingerprint density at radius 3 is 2.71 bits per heavy atom. The first kappa shape index (κ1) is 13.5. The summed E-state index contributed by atoms with van der Waals surface area (Å²) in [5, 5.41) is 13.4. The fraction of sp³-hybridized carbons (Fsp3) is 0.455. The molecule has 0 fully saturated rings. The van der Waals surface area contributed by atoms with Crippen LogP contribution in [0.1, 0.15) is 17.4 Å². The molecule has 0 aliphatic carbocycles. The number of likely N-dealkylation sites (N-methyl/N-ethyl adjacent to an activating group) is 1. The molecule has 0 aliphatic heterocycles. The lowest BCUT2D eigenvalue weighted by molar-refractivity contribution is -0.141. The fourth-order valence-corrected chi connectivity index (χ4v) is 2.05. The molecule has 1 atom stereocenters. The molecule has 0 bridgehead atoms. The average molecular weight is 256 g/mol. The van der Waals surface area contributed by atoms with E-state index in [1.807, 2.05) is 18.4 Å². The normalized spacial score (nSPS) is 11.9. The van der Waals surface area contributed by atoms with Gasteiger partial charge in [-0.15, -0.1) is 11.3 Å². The Labute approximate surface area is 104 Å². The van der Waals surface area contributed by atoms with Crippen molar-refractivity contribution in [3.8, 4) is 0 Å². The molecule has 2 amide bonds. The number of carbonyl (C=O) groups is 2. The Morgan fingerprint density at radius 2 is 2.24 bits per heavy atom. The van der Waals surface area contributed by atoms with Crippen LogP contribution in [0.4, 0.5) is 4.79 Å². The second kappa shape index (κ2) is 5.67. The highest BCUT2D eigenvalue weighted by atomic mass is 32.1. The summed E-state index contributed by atoms with van der Waals surface area (Å²) in [5.41, 5.74) is 1.13. The number of amides is 2. The monoisotopic (exact) mass is 256 g/mol. The largest absolute Gasteiger partial charge is 0.480 e. The summed E-state index contributed by atoms with van der Waals surface area (Å²) in [7, 11) is 1.47. The topological polar surface area (TPSA) is 69.6 Å². The molecule has 1 unspecified atom stereocenters. The highest BCUT2D eigenvalue weighted by molar-refractivity contribution is 7.10. The Balaban J connectivity index is 2.50. The van der Waals surface area contributed by atoms with Crippen LogP contribution >= 0.6 is 11.3 Å². The van der Waals surface area contributed by atoms with Gasteiger partial charge in [0.25, 0.3) is 0 Å². The van der Waals surface area contributed by atoms with Crippen LogP contribution in [0, 0.1) is 6.92 Å². The second-order valence-corrected chi connectivity index (χ2v) is 4.81. The Bertz CT molecular complexity index is 417. The zero-order valence-corrected chi connectivity index (χ0v) is 10.9. The van der Waals surface area contributed by atoms with Gasteiger partial charge in [-0.3, -0.25) is 0 Å². The predicted octanol–water partition coefficient (Wildman–Crippen LogP) is 1.67. The molecule has 1 rings (SSSR count). The number of rotatable bonds is 4. The maximum atomic E-state index is 11.7. The van der Waals surface area contributed by atoms with Gasteiger partial charge >= 0.3 is 12.0 Å². The first-order chi connectivity index (χ1) is 7.93. The second-order valence-electron chi connectivity index (χ2n) is 3.81. The van der Waals surface area contributed by atoms with Crippen molar-refractivity contribution in [2.45, 2.75) is 26.4 Å². The zero-order valence-electron chi connectivity index (χ0n) is 10.1. The molecule has 0 spiro atoms. The van der Waals surface area contributed by atoms with E-state index in [0.29, 0.717) is 6.54 Å². The van der Waals surface area contributed by atoms with Crippen LogP contribution in [0.5, 0.6) is 0 Å². The van der Waals surface area contributed by atoms with Crippen molar-refractivity contribution in [1.29, 1.82) is 0 Å². The van der Waals surface area contributed by atoms with E-state index in [0.717, 1.165) is 10.4 Å². The Hall–Kier alpha value is -1.56. The number of hydrogen-bond acceptors (Lipinski definition) is 3. The summed E-state index contributed by atoms with van der Waals surface area (Å²) in [6.07, 6.45) is 0. The van der Waals surface area contributed by atoms with Gasteiger partial charge in [-0.05, 0) is 30.9 Å². The van der Waals surface area contributed by atoms with Gasteiger partial charge in [-0.2, -0.15) is 0 Å². The summed E-state index contributed by atoms with van der Waals surface area (Å²) in [4.78, 5) is 24.6. The number of aliphatic carboxylic acids is 1. The standard InChI is InChI=1S/C11H16N2O3S/c1-7-4-5-17-9(7)6-12-11(16)13(3)8(2)10(14)15/h4-5,8H,6H2,1-3H3,(H,12,16)(H,14,15). The molecule has 1 aromatic rings. The van der Waals surface area contributed by atoms with Crippen LogP contribution < -0.4 is 5.32 Å². The van der Waals surface area contributed by atoms with Crippen molar-refractivity contribution in [2.75, 3.05) is 7.05 Å². The van der Waals surface area contributed by atoms with Crippen molar-refractivity contribution >= 4 is 23.3 Å². The number of aryl methyl sites for hydroxylation is 1. The van der Waals surface area contributed by atoms with Crippen LogP contribution in [0.2, 0.25) is 0 Å². The van der Waals surface area contributed by atoms with E-state index in [-0.39, 0.29) is 6.03 Å². The minimum atomic E-state index is -1.02. The van der Waals surface area contributed by atoms with E-state index >= 15 is 0 Å². The molecular formula is C11H16N2O3S. The van der Waals surface area contributed by atoms with Gasteiger partial charge in [0.15, 0.2) is 0 Å². The van der Waals surface area contributed by atoms with Crippen LogP contribution in [0.25, 0.3) is 0 Å². The average Bonchev–Trinajstić information content (AvgIpc) is 2.69. The van der Waals surface area contributed by atoms with Crippen LogP contribution in [-0.4, -0.2) is 35.1 Å². The van der Waals surface area contributed by atoms with Crippen LogP contribution in [0.3, 0.4) is 0 Å². The summed E-state index contributed by atoms with van der Waals surface area (Å²) in [6, 6.07) is 0.766. The van der Waals surface area contributed by atoms with Gasteiger partial charge < -0.3 is 15.3 Å². The maximum absolute atomic E-state index is 11.7. The Kier molecular flexibility index (Phi) is 4.51. The van der Waals surface area contributed by atoms with Crippen molar-refractivity contribution in [2.24, 2.45) is 0 Å². The van der Waals surface area contributed by atoms with Gasteiger partial charge in [-0.25, -0.2) is 9.59 Å². The van der Waals surface area contributed by atoms with Gasteiger partial charge in [0.1, 0.15) is 6.04 Å². The third-order valence-electron chi connectivity index (χ3n) is 2.63. The lowest BCUT2D eigenvalue weighted by Gasteiger charge is -2.21. The summed E-state index contributed by atoms with van der Waals surface area (Å²) in [5.74, 6) is -1.02. The third-order valence-corrected chi connectivity index (χ3v) is 3.65. The van der Waals surface area contributed by atoms with Crippen molar-refractivity contribution < 1.29 is 14.7 Å². The van der Waals surface area contributed by atoms with E-state index in [4.69, 9.17) is 5.11 Å². The van der Waals surface area contributed by atoms with Crippen LogP contribution in [-0.2, 0) is 11.3 Å². The molecule has 1 heterocycles. The molecule has 0 radical (unpaired) electrons. The molecular weight excluding hydrogens is 240 g/mol. The number of hydrogen-bond donors (Lipinski definition) is 2. The Morgan fingerprint density at radius 1 is 1.59 bits per heavy atom. The van der Waals surface area contributed by atoms with E-state index in [1.54, 1.807) is 11.3 Å². The molecule has 1 aromatic heterocycles. The van der Waals surface area contributed by atoms with Crippen LogP contribution in [0.15, 0.2) is 11.4 Å². The summed E-state index contributed by atoms with van der Waals surface area (Å²) < 4.78 is 0. The fourth-order valence-electron chi connectivity index (χ4n) is 1.21. The minimum absolute atomic E-state index is 0.382. The molecule has 0 saturated heterocycles. The summed E-state index contributed by atoms with van der Waals surface area (Å²) >= 11 is 1.57. The molecule has 0 saturated carbocycles. The summed E-state index contributed by atoms with van der Waals surface area (Å²) in [6.45, 7) is 3.87. The maximum Gasteiger partial charge on any atom is 0.326 e. The molecule has 0 aromatic carbocycles. The smallest absolute Gasteiger partial charge is 0.326 e. The van der Waals surface area contributed by atoms with Gasteiger partial charge in [0.2, 0.25) is 0 Å². The van der Waals surface area contributed by atoms with Gasteiger partial charge in [0, 0.05) is 11.9 Å². The minimum Gasteiger partial charge on any atom is -0.480 e. The SMILES string of the molecule is Cc1ccsc1CNC(=O)N(C)C(C)C(=O)O. The number of carboxylic acid groups (broad SMARTS) is 1. The van der Waals surface area contributed by atoms with Gasteiger partial charge in [-0.1, -0.05) is 0 Å². The molecule has 6 heteroatoms. The lowest BCUT2D eigenvalue weighted by atomic mass is 10.3. The number of nitrogens with one attached hydrogen (secondary N) is 1. The van der Waals surface area contributed by atoms with E-state index in [9.17, 15) is 9.59 Å². The number of nitrogens with zero attached hydrogens (tertiary/aromatic N) is 1. The lowest BCUT2D eigenvalue weighted by Crippen LogP contribution is -2.45. The number of carboxylic acids is 1. The van der Waals surface area contributed by atoms with Crippen molar-refractivity contribution in [3.05, 3.63) is 21.9 Å². The van der Waals surface area contributed by atoms with E-state index < -0.39 is 12.0 Å². The molecule has 5 nitrogen and oxygen atoms in total. The molecule has 94 valence electrons. The van der Waals surface area contributed by atoms with E-state index in [1.165, 1.54) is 18.9 Å².